The molecule has 0 saturated heterocycles. The average molecular weight is 310 g/mol. The van der Waals surface area contributed by atoms with Crippen LogP contribution in [0, 0.1) is 0 Å². The van der Waals surface area contributed by atoms with Crippen molar-refractivity contribution in [2.75, 3.05) is 19.5 Å². The molecule has 1 aromatic heterocycles. The van der Waals surface area contributed by atoms with Gasteiger partial charge in [0, 0.05) is 11.3 Å². The molecule has 0 unspecified atom stereocenters. The summed E-state index contributed by atoms with van der Waals surface area (Å²) >= 11 is 0. The highest BCUT2D eigenvalue weighted by molar-refractivity contribution is 5.56. The van der Waals surface area contributed by atoms with Crippen LogP contribution in [0.3, 0.4) is 0 Å². The fourth-order valence-electron chi connectivity index (χ4n) is 2.14. The van der Waals surface area contributed by atoms with E-state index in [1.165, 1.54) is 0 Å². The maximum absolute atomic E-state index is 5.15. The third-order valence-electron chi connectivity index (χ3n) is 3.43. The number of nitrogens with zero attached hydrogens (tertiary/aromatic N) is 2. The number of nitrogens with one attached hydrogen (secondary N) is 2. The van der Waals surface area contributed by atoms with Crippen LogP contribution in [0.1, 0.15) is 5.82 Å². The Hall–Kier alpha value is -3.02. The van der Waals surface area contributed by atoms with Crippen LogP contribution in [0.4, 0.5) is 5.69 Å². The predicted octanol–water partition coefficient (Wildman–Crippen LogP) is 3.10. The van der Waals surface area contributed by atoms with E-state index in [9.17, 15) is 0 Å². The Balaban J connectivity index is 1.64. The van der Waals surface area contributed by atoms with Crippen molar-refractivity contribution in [1.82, 2.24) is 15.2 Å². The van der Waals surface area contributed by atoms with Crippen LogP contribution in [0.2, 0.25) is 0 Å². The third kappa shape index (κ3) is 3.60. The number of aromatic nitrogens is 3. The molecule has 2 aromatic carbocycles. The fourth-order valence-corrected chi connectivity index (χ4v) is 2.14. The first-order valence-corrected chi connectivity index (χ1v) is 7.22. The van der Waals surface area contributed by atoms with Crippen molar-refractivity contribution in [3.63, 3.8) is 0 Å². The minimum absolute atomic E-state index is 0.565. The van der Waals surface area contributed by atoms with Crippen LogP contribution < -0.4 is 14.8 Å². The highest BCUT2D eigenvalue weighted by Crippen LogP contribution is 2.19. The van der Waals surface area contributed by atoms with Crippen LogP contribution in [0.15, 0.2) is 48.5 Å². The summed E-state index contributed by atoms with van der Waals surface area (Å²) in [5.74, 6) is 3.08. The van der Waals surface area contributed by atoms with Gasteiger partial charge >= 0.3 is 0 Å². The number of anilines is 1. The lowest BCUT2D eigenvalue weighted by Crippen LogP contribution is -2.01. The number of aromatic amines is 1. The summed E-state index contributed by atoms with van der Waals surface area (Å²) in [6, 6.07) is 15.4. The van der Waals surface area contributed by atoms with Gasteiger partial charge in [0.15, 0.2) is 5.82 Å². The molecule has 118 valence electrons. The largest absolute Gasteiger partial charge is 0.497 e. The van der Waals surface area contributed by atoms with Gasteiger partial charge in [0.25, 0.3) is 0 Å². The minimum atomic E-state index is 0.565. The van der Waals surface area contributed by atoms with E-state index in [0.29, 0.717) is 12.4 Å². The lowest BCUT2D eigenvalue weighted by Gasteiger charge is -2.05. The molecule has 0 fully saturated rings. The molecule has 0 radical (unpaired) electrons. The van der Waals surface area contributed by atoms with Crippen molar-refractivity contribution in [2.45, 2.75) is 6.54 Å². The van der Waals surface area contributed by atoms with Crippen molar-refractivity contribution >= 4 is 5.69 Å². The van der Waals surface area contributed by atoms with Crippen LogP contribution in [-0.4, -0.2) is 29.4 Å². The molecule has 6 nitrogen and oxygen atoms in total. The number of hydrogen-bond acceptors (Lipinski definition) is 5. The van der Waals surface area contributed by atoms with Gasteiger partial charge in [-0.15, -0.1) is 0 Å². The van der Waals surface area contributed by atoms with Crippen molar-refractivity contribution in [2.24, 2.45) is 0 Å². The molecule has 6 heteroatoms. The van der Waals surface area contributed by atoms with E-state index in [0.717, 1.165) is 28.6 Å². The van der Waals surface area contributed by atoms with Gasteiger partial charge in [-0.05, 0) is 48.5 Å². The smallest absolute Gasteiger partial charge is 0.181 e. The van der Waals surface area contributed by atoms with Crippen LogP contribution in [-0.2, 0) is 6.54 Å². The third-order valence-corrected chi connectivity index (χ3v) is 3.43. The van der Waals surface area contributed by atoms with Gasteiger partial charge in [-0.2, -0.15) is 5.10 Å². The van der Waals surface area contributed by atoms with Crippen molar-refractivity contribution in [1.29, 1.82) is 0 Å². The van der Waals surface area contributed by atoms with Gasteiger partial charge in [0.1, 0.15) is 17.3 Å². The van der Waals surface area contributed by atoms with Crippen LogP contribution in [0.5, 0.6) is 11.5 Å². The van der Waals surface area contributed by atoms with Gasteiger partial charge in [-0.3, -0.25) is 5.10 Å². The lowest BCUT2D eigenvalue weighted by atomic mass is 10.2. The second-order valence-electron chi connectivity index (χ2n) is 4.92. The van der Waals surface area contributed by atoms with Gasteiger partial charge in [0.05, 0.1) is 20.8 Å². The first-order chi connectivity index (χ1) is 11.3. The first kappa shape index (κ1) is 14.9. The number of hydrogen-bond donors (Lipinski definition) is 2. The molecule has 1 heterocycles. The summed E-state index contributed by atoms with van der Waals surface area (Å²) in [6.07, 6.45) is 0. The zero-order valence-electron chi connectivity index (χ0n) is 13.0. The average Bonchev–Trinajstić information content (AvgIpc) is 3.09. The summed E-state index contributed by atoms with van der Waals surface area (Å²) in [6.45, 7) is 0.565. The SMILES string of the molecule is COc1ccc(NCc2nc(-c3ccc(OC)cc3)n[nH]2)cc1. The molecule has 0 aliphatic heterocycles. The highest BCUT2D eigenvalue weighted by atomic mass is 16.5. The molecule has 0 amide bonds. The molecule has 2 N–H and O–H groups in total. The normalized spacial score (nSPS) is 10.3. The highest BCUT2D eigenvalue weighted by Gasteiger charge is 2.06. The zero-order chi connectivity index (χ0) is 16.1. The van der Waals surface area contributed by atoms with E-state index in [1.807, 2.05) is 48.5 Å². The van der Waals surface area contributed by atoms with E-state index in [1.54, 1.807) is 14.2 Å². The van der Waals surface area contributed by atoms with E-state index in [2.05, 4.69) is 20.5 Å². The number of H-pyrrole nitrogens is 1. The van der Waals surface area contributed by atoms with Gasteiger partial charge in [-0.1, -0.05) is 0 Å². The van der Waals surface area contributed by atoms with Crippen molar-refractivity contribution in [3.8, 4) is 22.9 Å². The Kier molecular flexibility index (Phi) is 4.42. The Morgan fingerprint density at radius 3 is 2.13 bits per heavy atom. The molecule has 3 rings (SSSR count). The summed E-state index contributed by atoms with van der Waals surface area (Å²) < 4.78 is 10.3. The summed E-state index contributed by atoms with van der Waals surface area (Å²) in [4.78, 5) is 4.49. The summed E-state index contributed by atoms with van der Waals surface area (Å²) in [7, 11) is 3.29. The fraction of sp³-hybridized carbons (Fsp3) is 0.176. The lowest BCUT2D eigenvalue weighted by molar-refractivity contribution is 0.415. The Labute approximate surface area is 134 Å². The molecular formula is C17H18N4O2. The second-order valence-corrected chi connectivity index (χ2v) is 4.92. The topological polar surface area (TPSA) is 72.1 Å². The second kappa shape index (κ2) is 6.83. The first-order valence-electron chi connectivity index (χ1n) is 7.22. The maximum Gasteiger partial charge on any atom is 0.181 e. The van der Waals surface area contributed by atoms with Crippen LogP contribution in [0.25, 0.3) is 11.4 Å². The quantitative estimate of drug-likeness (QED) is 0.732. The minimum Gasteiger partial charge on any atom is -0.497 e. The Morgan fingerprint density at radius 2 is 1.52 bits per heavy atom. The zero-order valence-corrected chi connectivity index (χ0v) is 13.0. The van der Waals surface area contributed by atoms with E-state index in [-0.39, 0.29) is 0 Å². The molecule has 23 heavy (non-hydrogen) atoms. The van der Waals surface area contributed by atoms with Gasteiger partial charge in [0.2, 0.25) is 0 Å². The molecule has 0 atom stereocenters. The van der Waals surface area contributed by atoms with Gasteiger partial charge < -0.3 is 14.8 Å². The van der Waals surface area contributed by atoms with Crippen molar-refractivity contribution < 1.29 is 9.47 Å². The number of benzene rings is 2. The van der Waals surface area contributed by atoms with E-state index in [4.69, 9.17) is 9.47 Å². The molecule has 0 bridgehead atoms. The summed E-state index contributed by atoms with van der Waals surface area (Å²) in [5, 5.41) is 10.5. The molecule has 0 saturated carbocycles. The Bertz CT molecular complexity index is 751. The Morgan fingerprint density at radius 1 is 0.913 bits per heavy atom. The number of methoxy groups -OCH3 is 2. The maximum atomic E-state index is 5.15. The van der Waals surface area contributed by atoms with Gasteiger partial charge in [-0.25, -0.2) is 4.98 Å². The molecular weight excluding hydrogens is 292 g/mol. The predicted molar refractivity (Wildman–Crippen MR) is 88.7 cm³/mol. The molecule has 0 aliphatic carbocycles. The molecule has 0 aliphatic rings. The molecule has 3 aromatic rings. The van der Waals surface area contributed by atoms with Crippen LogP contribution >= 0.6 is 0 Å². The number of ether oxygens (including phenoxy) is 2. The monoisotopic (exact) mass is 310 g/mol. The summed E-state index contributed by atoms with van der Waals surface area (Å²) in [5.41, 5.74) is 1.94. The van der Waals surface area contributed by atoms with E-state index < -0.39 is 0 Å². The van der Waals surface area contributed by atoms with Crippen molar-refractivity contribution in [3.05, 3.63) is 54.4 Å². The number of rotatable bonds is 6. The standard InChI is InChI=1S/C17H18N4O2/c1-22-14-7-3-12(4-8-14)17-19-16(20-21-17)11-18-13-5-9-15(23-2)10-6-13/h3-10,18H,11H2,1-2H3,(H,19,20,21). The van der Waals surface area contributed by atoms with E-state index >= 15 is 0 Å². The molecule has 0 spiro atoms.